The van der Waals surface area contributed by atoms with Crippen molar-refractivity contribution in [3.8, 4) is 5.75 Å². The zero-order chi connectivity index (χ0) is 20.4. The summed E-state index contributed by atoms with van der Waals surface area (Å²) in [5.74, 6) is 0.985. The lowest BCUT2D eigenvalue weighted by atomic mass is 9.96. The number of fused-ring (bicyclic) bond motifs is 1. The van der Waals surface area contributed by atoms with E-state index in [0.29, 0.717) is 43.5 Å². The maximum Gasteiger partial charge on any atom is 0.330 e. The third kappa shape index (κ3) is 3.64. The number of hydrogen-bond donors (Lipinski definition) is 0. The molecule has 1 saturated heterocycles. The van der Waals surface area contributed by atoms with Crippen molar-refractivity contribution in [2.24, 2.45) is 13.0 Å². The molecule has 2 aromatic heterocycles. The van der Waals surface area contributed by atoms with Crippen LogP contribution in [0.5, 0.6) is 5.75 Å². The molecule has 3 aromatic rings. The molecule has 1 amide bonds. The molecule has 1 aliphatic rings. The molecule has 29 heavy (non-hydrogen) atoms. The standard InChI is InChI=1S/C22H26N4O3/c1-3-29-19-9-5-4-7-17(19)21(27)25-13-10-16(11-14-25)15-26-20-18(8-6-12-23-20)24(2)22(26)28/h4-9,12,16H,3,10-11,13-15H2,1-2H3. The Morgan fingerprint density at radius 2 is 1.93 bits per heavy atom. The molecule has 152 valence electrons. The lowest BCUT2D eigenvalue weighted by Crippen LogP contribution is -2.40. The second kappa shape index (κ2) is 8.11. The fourth-order valence-electron chi connectivity index (χ4n) is 4.07. The summed E-state index contributed by atoms with van der Waals surface area (Å²) in [4.78, 5) is 31.9. The number of rotatable bonds is 5. The summed E-state index contributed by atoms with van der Waals surface area (Å²) in [6.45, 7) is 4.43. The second-order valence-corrected chi connectivity index (χ2v) is 7.46. The van der Waals surface area contributed by atoms with Crippen molar-refractivity contribution in [2.75, 3.05) is 19.7 Å². The quantitative estimate of drug-likeness (QED) is 0.667. The molecule has 3 heterocycles. The van der Waals surface area contributed by atoms with E-state index in [1.165, 1.54) is 0 Å². The monoisotopic (exact) mass is 394 g/mol. The van der Waals surface area contributed by atoms with Crippen LogP contribution in [0.1, 0.15) is 30.1 Å². The number of aryl methyl sites for hydroxylation is 1. The zero-order valence-corrected chi connectivity index (χ0v) is 16.9. The van der Waals surface area contributed by atoms with Gasteiger partial charge in [0.05, 0.1) is 17.7 Å². The summed E-state index contributed by atoms with van der Waals surface area (Å²) in [7, 11) is 1.78. The van der Waals surface area contributed by atoms with Gasteiger partial charge in [-0.2, -0.15) is 0 Å². The summed E-state index contributed by atoms with van der Waals surface area (Å²) in [6.07, 6.45) is 3.44. The van der Waals surface area contributed by atoms with Gasteiger partial charge in [-0.3, -0.25) is 13.9 Å². The Balaban J connectivity index is 1.45. The van der Waals surface area contributed by atoms with E-state index in [9.17, 15) is 9.59 Å². The van der Waals surface area contributed by atoms with Gasteiger partial charge in [0.2, 0.25) is 0 Å². The van der Waals surface area contributed by atoms with Crippen molar-refractivity contribution in [1.29, 1.82) is 0 Å². The van der Waals surface area contributed by atoms with Crippen molar-refractivity contribution < 1.29 is 9.53 Å². The van der Waals surface area contributed by atoms with E-state index >= 15 is 0 Å². The number of likely N-dealkylation sites (tertiary alicyclic amines) is 1. The number of piperidine rings is 1. The number of nitrogens with zero attached hydrogens (tertiary/aromatic N) is 4. The minimum absolute atomic E-state index is 0.0106. The van der Waals surface area contributed by atoms with Gasteiger partial charge in [-0.1, -0.05) is 12.1 Å². The zero-order valence-electron chi connectivity index (χ0n) is 16.9. The summed E-state index contributed by atoms with van der Waals surface area (Å²) in [5, 5.41) is 0. The van der Waals surface area contributed by atoms with Gasteiger partial charge in [0.1, 0.15) is 5.75 Å². The van der Waals surface area contributed by atoms with E-state index < -0.39 is 0 Å². The fraction of sp³-hybridized carbons (Fsp3) is 0.409. The number of hydrogen-bond acceptors (Lipinski definition) is 4. The molecule has 0 atom stereocenters. The largest absolute Gasteiger partial charge is 0.493 e. The molecular weight excluding hydrogens is 368 g/mol. The van der Waals surface area contributed by atoms with E-state index in [4.69, 9.17) is 4.74 Å². The van der Waals surface area contributed by atoms with E-state index in [0.717, 1.165) is 24.0 Å². The molecule has 0 aliphatic carbocycles. The number of imidazole rings is 1. The van der Waals surface area contributed by atoms with E-state index in [-0.39, 0.29) is 11.6 Å². The highest BCUT2D eigenvalue weighted by Crippen LogP contribution is 2.25. The van der Waals surface area contributed by atoms with Crippen LogP contribution in [-0.2, 0) is 13.6 Å². The fourth-order valence-corrected chi connectivity index (χ4v) is 4.07. The number of amides is 1. The Hall–Kier alpha value is -3.09. The van der Waals surface area contributed by atoms with Gasteiger partial charge in [0.25, 0.3) is 5.91 Å². The summed E-state index contributed by atoms with van der Waals surface area (Å²) >= 11 is 0. The van der Waals surface area contributed by atoms with Gasteiger partial charge in [-0.25, -0.2) is 9.78 Å². The average Bonchev–Trinajstić information content (AvgIpc) is 3.00. The number of para-hydroxylation sites is 1. The minimum Gasteiger partial charge on any atom is -0.493 e. The van der Waals surface area contributed by atoms with Crippen LogP contribution in [0.3, 0.4) is 0 Å². The van der Waals surface area contributed by atoms with Crippen molar-refractivity contribution in [3.63, 3.8) is 0 Å². The van der Waals surface area contributed by atoms with Crippen molar-refractivity contribution in [2.45, 2.75) is 26.3 Å². The second-order valence-electron chi connectivity index (χ2n) is 7.46. The molecule has 7 heteroatoms. The Morgan fingerprint density at radius 1 is 1.17 bits per heavy atom. The van der Waals surface area contributed by atoms with Gasteiger partial charge in [0.15, 0.2) is 5.65 Å². The maximum atomic E-state index is 13.0. The van der Waals surface area contributed by atoms with Crippen molar-refractivity contribution in [1.82, 2.24) is 19.0 Å². The van der Waals surface area contributed by atoms with Crippen LogP contribution < -0.4 is 10.4 Å². The molecule has 1 aromatic carbocycles. The summed E-state index contributed by atoms with van der Waals surface area (Å²) in [6, 6.07) is 11.2. The van der Waals surface area contributed by atoms with Gasteiger partial charge in [-0.15, -0.1) is 0 Å². The molecule has 0 N–H and O–H groups in total. The normalized spacial score (nSPS) is 15.0. The third-order valence-electron chi connectivity index (χ3n) is 5.66. The van der Waals surface area contributed by atoms with Gasteiger partial charge in [0, 0.05) is 32.9 Å². The molecule has 1 fully saturated rings. The predicted molar refractivity (Wildman–Crippen MR) is 111 cm³/mol. The molecule has 0 bridgehead atoms. The highest BCUT2D eigenvalue weighted by atomic mass is 16.5. The topological polar surface area (TPSA) is 69.4 Å². The van der Waals surface area contributed by atoms with E-state index in [2.05, 4.69) is 4.98 Å². The van der Waals surface area contributed by atoms with Crippen molar-refractivity contribution >= 4 is 17.1 Å². The lowest BCUT2D eigenvalue weighted by Gasteiger charge is -2.32. The third-order valence-corrected chi connectivity index (χ3v) is 5.66. The Morgan fingerprint density at radius 3 is 2.69 bits per heavy atom. The number of ether oxygens (including phenoxy) is 1. The molecule has 0 radical (unpaired) electrons. The Bertz CT molecular complexity index is 1080. The van der Waals surface area contributed by atoms with Gasteiger partial charge >= 0.3 is 5.69 Å². The first-order chi connectivity index (χ1) is 14.1. The molecule has 0 unspecified atom stereocenters. The molecule has 0 spiro atoms. The molecule has 7 nitrogen and oxygen atoms in total. The highest BCUT2D eigenvalue weighted by Gasteiger charge is 2.26. The lowest BCUT2D eigenvalue weighted by molar-refractivity contribution is 0.0678. The van der Waals surface area contributed by atoms with Crippen LogP contribution in [-0.4, -0.2) is 44.6 Å². The van der Waals surface area contributed by atoms with Crippen LogP contribution in [0.25, 0.3) is 11.2 Å². The van der Waals surface area contributed by atoms with Gasteiger partial charge in [-0.05, 0) is 49.9 Å². The summed E-state index contributed by atoms with van der Waals surface area (Å²) < 4.78 is 9.02. The average molecular weight is 394 g/mol. The first-order valence-corrected chi connectivity index (χ1v) is 10.1. The molecular formula is C22H26N4O3. The van der Waals surface area contributed by atoms with Crippen LogP contribution in [0, 0.1) is 5.92 Å². The van der Waals surface area contributed by atoms with E-state index in [1.807, 2.05) is 48.2 Å². The van der Waals surface area contributed by atoms with Crippen LogP contribution in [0.15, 0.2) is 47.4 Å². The first kappa shape index (κ1) is 19.2. The van der Waals surface area contributed by atoms with Crippen LogP contribution >= 0.6 is 0 Å². The van der Waals surface area contributed by atoms with Crippen molar-refractivity contribution in [3.05, 3.63) is 58.6 Å². The molecule has 0 saturated carbocycles. The number of carbonyl (C=O) groups excluding carboxylic acids is 1. The van der Waals surface area contributed by atoms with Crippen LogP contribution in [0.2, 0.25) is 0 Å². The number of benzene rings is 1. The Kier molecular flexibility index (Phi) is 5.38. The SMILES string of the molecule is CCOc1ccccc1C(=O)N1CCC(Cn2c(=O)n(C)c3cccnc32)CC1. The first-order valence-electron chi connectivity index (χ1n) is 10.1. The van der Waals surface area contributed by atoms with Crippen LogP contribution in [0.4, 0.5) is 0 Å². The van der Waals surface area contributed by atoms with E-state index in [1.54, 1.807) is 22.4 Å². The maximum absolute atomic E-state index is 13.0. The summed E-state index contributed by atoms with van der Waals surface area (Å²) in [5.41, 5.74) is 2.15. The highest BCUT2D eigenvalue weighted by molar-refractivity contribution is 5.97. The number of pyridine rings is 1. The molecule has 4 rings (SSSR count). The molecule has 1 aliphatic heterocycles. The van der Waals surface area contributed by atoms with Gasteiger partial charge < -0.3 is 9.64 Å². The minimum atomic E-state index is -0.0390. The Labute approximate surface area is 169 Å². The number of aromatic nitrogens is 3. The number of carbonyl (C=O) groups is 1. The predicted octanol–water partition coefficient (Wildman–Crippen LogP) is 2.69. The smallest absolute Gasteiger partial charge is 0.330 e.